The molecule has 1 aromatic rings. The Labute approximate surface area is 176 Å². The van der Waals surface area contributed by atoms with E-state index >= 15 is 0 Å². The molecule has 1 fully saturated rings. The summed E-state index contributed by atoms with van der Waals surface area (Å²) in [5.74, 6) is 1.36. The first-order chi connectivity index (χ1) is 12.6. The van der Waals surface area contributed by atoms with Gasteiger partial charge in [0.25, 0.3) is 0 Å². The van der Waals surface area contributed by atoms with Gasteiger partial charge < -0.3 is 14.6 Å². The lowest BCUT2D eigenvalue weighted by Gasteiger charge is -2.38. The first kappa shape index (κ1) is 22.9. The van der Waals surface area contributed by atoms with Crippen LogP contribution in [0.15, 0.2) is 24.8 Å². The van der Waals surface area contributed by atoms with Gasteiger partial charge in [-0.15, -0.1) is 4.72 Å². The maximum Gasteiger partial charge on any atom is 0.136 e. The molecular formula is C20H30Cl2N2O2S. The van der Waals surface area contributed by atoms with Gasteiger partial charge in [0.1, 0.15) is 17.1 Å². The van der Waals surface area contributed by atoms with Crippen LogP contribution in [0.25, 0.3) is 0 Å². The van der Waals surface area contributed by atoms with Gasteiger partial charge in [-0.1, -0.05) is 42.8 Å². The van der Waals surface area contributed by atoms with Gasteiger partial charge in [0.15, 0.2) is 0 Å². The van der Waals surface area contributed by atoms with Crippen molar-refractivity contribution in [2.45, 2.75) is 44.9 Å². The van der Waals surface area contributed by atoms with Crippen LogP contribution in [0.4, 0.5) is 0 Å². The molecule has 152 valence electrons. The zero-order valence-corrected chi connectivity index (χ0v) is 18.8. The third kappa shape index (κ3) is 6.02. The maximum absolute atomic E-state index is 12.9. The van der Waals surface area contributed by atoms with Gasteiger partial charge in [-0.05, 0) is 58.2 Å². The Balaban J connectivity index is 2.48. The molecule has 1 aliphatic rings. The molecule has 27 heavy (non-hydrogen) atoms. The fourth-order valence-electron chi connectivity index (χ4n) is 3.26. The predicted octanol–water partition coefficient (Wildman–Crippen LogP) is 4.90. The van der Waals surface area contributed by atoms with Crippen LogP contribution in [-0.2, 0) is 11.4 Å². The lowest BCUT2D eigenvalue weighted by atomic mass is 9.79. The molecule has 0 saturated carbocycles. The number of hydrogen-bond donors (Lipinski definition) is 2. The number of piperidine rings is 1. The number of hydrogen-bond acceptors (Lipinski definition) is 4. The molecule has 2 N–H and O–H groups in total. The fraction of sp³-hybridized carbons (Fsp3) is 0.600. The Bertz CT molecular complexity index is 652. The number of rotatable bonds is 7. The molecule has 1 heterocycles. The highest BCUT2D eigenvalue weighted by Gasteiger charge is 2.38. The van der Waals surface area contributed by atoms with Crippen molar-refractivity contribution in [2.75, 3.05) is 19.7 Å². The molecule has 4 nitrogen and oxygen atoms in total. The van der Waals surface area contributed by atoms with E-state index in [0.717, 1.165) is 25.1 Å². The van der Waals surface area contributed by atoms with Crippen molar-refractivity contribution in [3.63, 3.8) is 0 Å². The molecular weight excluding hydrogens is 403 g/mol. The van der Waals surface area contributed by atoms with E-state index in [9.17, 15) is 4.55 Å². The van der Waals surface area contributed by atoms with E-state index in [4.69, 9.17) is 27.9 Å². The van der Waals surface area contributed by atoms with Crippen molar-refractivity contribution in [2.24, 2.45) is 11.8 Å². The first-order valence-electron chi connectivity index (χ1n) is 9.26. The minimum absolute atomic E-state index is 0.156. The average Bonchev–Trinajstić information content (AvgIpc) is 2.60. The molecule has 0 aliphatic carbocycles. The summed E-state index contributed by atoms with van der Waals surface area (Å²) in [6, 6.07) is 3.43. The van der Waals surface area contributed by atoms with Gasteiger partial charge in [0, 0.05) is 23.0 Å². The van der Waals surface area contributed by atoms with E-state index < -0.39 is 11.4 Å². The second-order valence-electron chi connectivity index (χ2n) is 8.01. The molecule has 4 unspecified atom stereocenters. The van der Waals surface area contributed by atoms with Gasteiger partial charge in [-0.3, -0.25) is 0 Å². The molecule has 0 spiro atoms. The lowest BCUT2D eigenvalue weighted by Crippen LogP contribution is -2.47. The summed E-state index contributed by atoms with van der Waals surface area (Å²) < 4.78 is 21.8. The summed E-state index contributed by atoms with van der Waals surface area (Å²) in [6.45, 7) is 14.0. The summed E-state index contributed by atoms with van der Waals surface area (Å²) in [4.78, 5) is 0. The van der Waals surface area contributed by atoms with Crippen LogP contribution >= 0.6 is 23.2 Å². The number of benzene rings is 1. The maximum atomic E-state index is 12.9. The Morgan fingerprint density at radius 2 is 2.07 bits per heavy atom. The molecule has 1 aliphatic heterocycles. The third-order valence-electron chi connectivity index (χ3n) is 4.81. The normalized spacial score (nSPS) is 22.9. The van der Waals surface area contributed by atoms with E-state index in [1.165, 1.54) is 0 Å². The Morgan fingerprint density at radius 1 is 1.41 bits per heavy atom. The van der Waals surface area contributed by atoms with Crippen molar-refractivity contribution in [3.05, 3.63) is 40.4 Å². The van der Waals surface area contributed by atoms with Crippen LogP contribution in [0.3, 0.4) is 0 Å². The van der Waals surface area contributed by atoms with Gasteiger partial charge in [-0.2, -0.15) is 0 Å². The van der Waals surface area contributed by atoms with Crippen molar-refractivity contribution in [1.29, 1.82) is 0 Å². The summed E-state index contributed by atoms with van der Waals surface area (Å²) in [5, 5.41) is 4.33. The van der Waals surface area contributed by atoms with E-state index in [2.05, 4.69) is 23.5 Å². The standard InChI is InChI=1S/C20H30Cl2N2O2S/c1-6-9-26-18-11-17(22)16(21)10-15(18)19(24-27(25)20(3,4)5)14-7-8-23-12-13(14)2/h6,10-11,13-14,19,23-24H,1,7-9,12H2,2-5H3. The third-order valence-corrected chi connectivity index (χ3v) is 7.12. The highest BCUT2D eigenvalue weighted by molar-refractivity contribution is 7.90. The zero-order chi connectivity index (χ0) is 20.2. The van der Waals surface area contributed by atoms with E-state index in [1.54, 1.807) is 12.1 Å². The van der Waals surface area contributed by atoms with Gasteiger partial charge in [-0.25, -0.2) is 0 Å². The van der Waals surface area contributed by atoms with Crippen LogP contribution in [-0.4, -0.2) is 29.0 Å². The Kier molecular flexibility index (Phi) is 8.34. The molecule has 0 amide bonds. The minimum atomic E-state index is -1.23. The second-order valence-corrected chi connectivity index (χ2v) is 10.8. The van der Waals surface area contributed by atoms with Crippen molar-refractivity contribution >= 4 is 34.6 Å². The molecule has 1 aromatic carbocycles. The fourth-order valence-corrected chi connectivity index (χ4v) is 4.48. The van der Waals surface area contributed by atoms with Gasteiger partial charge in [0.05, 0.1) is 16.1 Å². The minimum Gasteiger partial charge on any atom is -0.598 e. The molecule has 2 rings (SSSR count). The summed E-state index contributed by atoms with van der Waals surface area (Å²) in [7, 11) is 0. The van der Waals surface area contributed by atoms with E-state index in [0.29, 0.717) is 34.2 Å². The first-order valence-corrected chi connectivity index (χ1v) is 11.2. The molecule has 0 aromatic heterocycles. The highest BCUT2D eigenvalue weighted by Crippen LogP contribution is 2.41. The molecule has 0 bridgehead atoms. The van der Waals surface area contributed by atoms with E-state index in [1.807, 2.05) is 26.8 Å². The van der Waals surface area contributed by atoms with Crippen molar-refractivity contribution in [3.8, 4) is 5.75 Å². The molecule has 1 saturated heterocycles. The number of halogens is 2. The highest BCUT2D eigenvalue weighted by atomic mass is 35.5. The Hall–Kier alpha value is -0.430. The van der Waals surface area contributed by atoms with Crippen molar-refractivity contribution < 1.29 is 9.29 Å². The monoisotopic (exact) mass is 432 g/mol. The van der Waals surface area contributed by atoms with Crippen LogP contribution < -0.4 is 14.8 Å². The van der Waals surface area contributed by atoms with Gasteiger partial charge >= 0.3 is 0 Å². The lowest BCUT2D eigenvalue weighted by molar-refractivity contribution is 0.219. The number of ether oxygens (including phenoxy) is 1. The van der Waals surface area contributed by atoms with Crippen LogP contribution in [0, 0.1) is 11.8 Å². The average molecular weight is 433 g/mol. The smallest absolute Gasteiger partial charge is 0.136 e. The molecule has 4 atom stereocenters. The summed E-state index contributed by atoms with van der Waals surface area (Å²) in [5.41, 5.74) is 0.891. The molecule has 7 heteroatoms. The van der Waals surface area contributed by atoms with Crippen LogP contribution in [0.1, 0.15) is 45.7 Å². The summed E-state index contributed by atoms with van der Waals surface area (Å²) in [6.07, 6.45) is 2.66. The topological polar surface area (TPSA) is 56.3 Å². The largest absolute Gasteiger partial charge is 0.598 e. The van der Waals surface area contributed by atoms with E-state index in [-0.39, 0.29) is 10.8 Å². The SMILES string of the molecule is C=CCOc1cc(Cl)c(Cl)cc1C(N[S+]([O-])C(C)(C)C)C1CCNCC1C. The quantitative estimate of drug-likeness (QED) is 0.475. The van der Waals surface area contributed by atoms with Crippen LogP contribution in [0.5, 0.6) is 5.75 Å². The number of nitrogens with one attached hydrogen (secondary N) is 2. The van der Waals surface area contributed by atoms with Gasteiger partial charge in [0.2, 0.25) is 0 Å². The second kappa shape index (κ2) is 9.86. The predicted molar refractivity (Wildman–Crippen MR) is 116 cm³/mol. The van der Waals surface area contributed by atoms with Crippen LogP contribution in [0.2, 0.25) is 10.0 Å². The zero-order valence-electron chi connectivity index (χ0n) is 16.5. The summed E-state index contributed by atoms with van der Waals surface area (Å²) >= 11 is 11.3. The molecule has 0 radical (unpaired) electrons. The van der Waals surface area contributed by atoms with Crippen molar-refractivity contribution in [1.82, 2.24) is 10.0 Å². The Morgan fingerprint density at radius 3 is 2.67 bits per heavy atom.